The summed E-state index contributed by atoms with van der Waals surface area (Å²) < 4.78 is 13.2. The normalized spacial score (nSPS) is 23.6. The second-order valence-electron chi connectivity index (χ2n) is 5.91. The molecule has 0 radical (unpaired) electrons. The molecule has 2 heterocycles. The topological polar surface area (TPSA) is 55.7 Å². The molecule has 23 heavy (non-hydrogen) atoms. The highest BCUT2D eigenvalue weighted by Gasteiger charge is 2.47. The van der Waals surface area contributed by atoms with Gasteiger partial charge in [0, 0.05) is 24.7 Å². The molecule has 6 nitrogen and oxygen atoms in total. The van der Waals surface area contributed by atoms with E-state index >= 15 is 0 Å². The average Bonchev–Trinajstić information content (AvgIpc) is 2.94. The number of rotatable bonds is 4. The van der Waals surface area contributed by atoms with Crippen molar-refractivity contribution in [3.05, 3.63) is 47.6 Å². The van der Waals surface area contributed by atoms with E-state index in [1.54, 1.807) is 17.1 Å². The first-order valence-electron chi connectivity index (χ1n) is 7.72. The number of hydrogen-bond acceptors (Lipinski definition) is 3. The largest absolute Gasteiger partial charge is 0.352 e. The predicted molar refractivity (Wildman–Crippen MR) is 84.0 cm³/mol. The van der Waals surface area contributed by atoms with Crippen molar-refractivity contribution in [1.29, 1.82) is 0 Å². The number of carbonyl (C=O) groups is 1. The quantitative estimate of drug-likeness (QED) is 0.671. The summed E-state index contributed by atoms with van der Waals surface area (Å²) >= 11 is 0. The molecule has 1 aromatic carbocycles. The van der Waals surface area contributed by atoms with E-state index in [4.69, 9.17) is 0 Å². The number of hydrogen-bond donors (Lipinski definition) is 1. The molecule has 2 aliphatic heterocycles. The molecule has 2 atom stereocenters. The van der Waals surface area contributed by atoms with E-state index in [0.29, 0.717) is 26.2 Å². The molecular weight excluding hydrogens is 299 g/mol. The van der Waals surface area contributed by atoms with Gasteiger partial charge in [0.15, 0.2) is 6.17 Å². The van der Waals surface area contributed by atoms with Crippen LogP contribution in [0.1, 0.15) is 6.42 Å². The van der Waals surface area contributed by atoms with Crippen molar-refractivity contribution in [2.75, 3.05) is 31.1 Å². The zero-order valence-electron chi connectivity index (χ0n) is 12.8. The predicted octanol–water partition coefficient (Wildman–Crippen LogP) is 1.29. The van der Waals surface area contributed by atoms with Gasteiger partial charge in [-0.25, -0.2) is 4.39 Å². The third-order valence-electron chi connectivity index (χ3n) is 4.38. The summed E-state index contributed by atoms with van der Waals surface area (Å²) in [6.45, 7) is 5.66. The standard InChI is InChI=1S/C16H19FN4O2/c1-2-15(22)18-9-12-10-19(14-5-3-13(17)4-6-14)16-7-8-21(23)20(16)11-12/h2-6,12,16H,1,7-11H2/p+1. The Balaban J connectivity index is 1.78. The number of benzene rings is 1. The molecule has 0 aromatic heterocycles. The second-order valence-corrected chi connectivity index (χ2v) is 5.91. The lowest BCUT2D eigenvalue weighted by molar-refractivity contribution is -0.692. The first-order valence-corrected chi connectivity index (χ1v) is 7.72. The van der Waals surface area contributed by atoms with Crippen LogP contribution in [-0.2, 0) is 4.79 Å². The summed E-state index contributed by atoms with van der Waals surface area (Å²) in [5, 5.41) is 4.58. The molecule has 0 spiro atoms. The van der Waals surface area contributed by atoms with Gasteiger partial charge in [-0.3, -0.25) is 4.79 Å². The summed E-state index contributed by atoms with van der Waals surface area (Å²) in [7, 11) is 0. The van der Waals surface area contributed by atoms with Gasteiger partial charge in [-0.05, 0) is 30.3 Å². The molecule has 2 aliphatic rings. The van der Waals surface area contributed by atoms with Crippen LogP contribution in [0.4, 0.5) is 10.1 Å². The lowest BCUT2D eigenvalue weighted by Crippen LogP contribution is -2.57. The van der Waals surface area contributed by atoms with Crippen molar-refractivity contribution >= 4 is 11.6 Å². The fourth-order valence-electron chi connectivity index (χ4n) is 3.26. The van der Waals surface area contributed by atoms with Crippen LogP contribution in [0.15, 0.2) is 36.9 Å². The molecule has 0 saturated carbocycles. The number of nitrogens with one attached hydrogen (secondary N) is 1. The smallest absolute Gasteiger partial charge is 0.243 e. The molecular formula is C16H20FN4O2+. The SMILES string of the molecule is C=CC(=O)NCC1CN(c2ccc(F)cc2)C2CC[N+](=O)N2C1. The number of hydrazine groups is 1. The van der Waals surface area contributed by atoms with Gasteiger partial charge in [0.2, 0.25) is 12.5 Å². The molecule has 0 aliphatic carbocycles. The number of carbonyl (C=O) groups excluding carboxylic acids is 1. The zero-order chi connectivity index (χ0) is 16.4. The molecule has 3 rings (SSSR count). The van der Waals surface area contributed by atoms with Crippen molar-refractivity contribution < 1.29 is 14.1 Å². The van der Waals surface area contributed by atoms with Gasteiger partial charge in [0.1, 0.15) is 10.7 Å². The van der Waals surface area contributed by atoms with Gasteiger partial charge in [0.05, 0.1) is 17.9 Å². The number of amides is 1. The van der Waals surface area contributed by atoms with Crippen molar-refractivity contribution in [3.63, 3.8) is 0 Å². The molecule has 7 heteroatoms. The molecule has 2 saturated heterocycles. The van der Waals surface area contributed by atoms with E-state index in [1.807, 2.05) is 0 Å². The number of fused-ring (bicyclic) bond motifs is 1. The van der Waals surface area contributed by atoms with Crippen molar-refractivity contribution in [2.45, 2.75) is 12.6 Å². The Hall–Kier alpha value is -2.44. The third kappa shape index (κ3) is 3.18. The molecule has 1 aromatic rings. The summed E-state index contributed by atoms with van der Waals surface area (Å²) in [5.74, 6) is -0.398. The van der Waals surface area contributed by atoms with Crippen molar-refractivity contribution in [2.24, 2.45) is 5.92 Å². The van der Waals surface area contributed by atoms with Crippen molar-refractivity contribution in [3.8, 4) is 0 Å². The van der Waals surface area contributed by atoms with Gasteiger partial charge in [-0.15, -0.1) is 5.01 Å². The Morgan fingerprint density at radius 2 is 2.13 bits per heavy atom. The summed E-state index contributed by atoms with van der Waals surface area (Å²) in [5.41, 5.74) is 0.886. The van der Waals surface area contributed by atoms with Crippen LogP contribution in [0, 0.1) is 16.6 Å². The van der Waals surface area contributed by atoms with E-state index < -0.39 is 0 Å². The Morgan fingerprint density at radius 3 is 2.83 bits per heavy atom. The number of nitroso groups, excluding NO2 is 1. The third-order valence-corrected chi connectivity index (χ3v) is 4.38. The van der Waals surface area contributed by atoms with Crippen molar-refractivity contribution in [1.82, 2.24) is 10.3 Å². The minimum absolute atomic E-state index is 0.00989. The Kier molecular flexibility index (Phi) is 4.27. The van der Waals surface area contributed by atoms with Gasteiger partial charge >= 0.3 is 0 Å². The van der Waals surface area contributed by atoms with Crippen LogP contribution in [0.3, 0.4) is 0 Å². The Bertz CT molecular complexity index is 619. The summed E-state index contributed by atoms with van der Waals surface area (Å²) in [6, 6.07) is 6.30. The highest BCUT2D eigenvalue weighted by atomic mass is 19.1. The van der Waals surface area contributed by atoms with E-state index in [9.17, 15) is 14.1 Å². The highest BCUT2D eigenvalue weighted by molar-refractivity contribution is 5.86. The van der Waals surface area contributed by atoms with Gasteiger partial charge in [-0.2, -0.15) is 0 Å². The first kappa shape index (κ1) is 15.5. The van der Waals surface area contributed by atoms with Gasteiger partial charge < -0.3 is 10.2 Å². The molecule has 1 amide bonds. The second kappa shape index (κ2) is 6.36. The Morgan fingerprint density at radius 1 is 1.39 bits per heavy atom. The fraction of sp³-hybridized carbons (Fsp3) is 0.438. The summed E-state index contributed by atoms with van der Waals surface area (Å²) in [6.07, 6.45) is 1.97. The molecule has 1 N–H and O–H groups in total. The average molecular weight is 319 g/mol. The number of anilines is 1. The van der Waals surface area contributed by atoms with E-state index in [2.05, 4.69) is 16.8 Å². The van der Waals surface area contributed by atoms with Crippen LogP contribution >= 0.6 is 0 Å². The summed E-state index contributed by atoms with van der Waals surface area (Å²) in [4.78, 5) is 26.5. The molecule has 2 fully saturated rings. The molecule has 2 unspecified atom stereocenters. The van der Waals surface area contributed by atoms with Crippen LogP contribution in [0.5, 0.6) is 0 Å². The van der Waals surface area contributed by atoms with Crippen LogP contribution in [0.2, 0.25) is 0 Å². The molecule has 0 bridgehead atoms. The lowest BCUT2D eigenvalue weighted by Gasteiger charge is -2.40. The minimum atomic E-state index is -0.283. The maximum Gasteiger partial charge on any atom is 0.243 e. The highest BCUT2D eigenvalue weighted by Crippen LogP contribution is 2.30. The maximum absolute atomic E-state index is 13.2. The Labute approximate surface area is 134 Å². The van der Waals surface area contributed by atoms with E-state index in [-0.39, 0.29) is 23.8 Å². The fourth-order valence-corrected chi connectivity index (χ4v) is 3.26. The van der Waals surface area contributed by atoms with Crippen LogP contribution in [0.25, 0.3) is 0 Å². The molecule has 122 valence electrons. The van der Waals surface area contributed by atoms with Crippen LogP contribution < -0.4 is 10.2 Å². The first-order chi connectivity index (χ1) is 11.1. The number of halogens is 1. The van der Waals surface area contributed by atoms with E-state index in [1.165, 1.54) is 18.2 Å². The monoisotopic (exact) mass is 319 g/mol. The number of nitrogens with zero attached hydrogens (tertiary/aromatic N) is 3. The van der Waals surface area contributed by atoms with Gasteiger partial charge in [0.25, 0.3) is 0 Å². The zero-order valence-corrected chi connectivity index (χ0v) is 12.8. The van der Waals surface area contributed by atoms with E-state index in [0.717, 1.165) is 17.0 Å². The lowest BCUT2D eigenvalue weighted by atomic mass is 10.0. The maximum atomic E-state index is 13.2. The van der Waals surface area contributed by atoms with Gasteiger partial charge in [-0.1, -0.05) is 6.58 Å². The van der Waals surface area contributed by atoms with Crippen LogP contribution in [-0.4, -0.2) is 48.1 Å². The minimum Gasteiger partial charge on any atom is -0.352 e.